The van der Waals surface area contributed by atoms with Gasteiger partial charge in [-0.2, -0.15) is 0 Å². The molecule has 5 heteroatoms. The van der Waals surface area contributed by atoms with E-state index < -0.39 is 6.29 Å². The predicted molar refractivity (Wildman–Crippen MR) is 63.5 cm³/mol. The van der Waals surface area contributed by atoms with Crippen molar-refractivity contribution in [2.75, 3.05) is 0 Å². The minimum Gasteiger partial charge on any atom is -0.395 e. The Morgan fingerprint density at radius 3 is 2.41 bits per heavy atom. The van der Waals surface area contributed by atoms with Gasteiger partial charge in [0.25, 0.3) is 0 Å². The highest BCUT2D eigenvalue weighted by molar-refractivity contribution is 9.10. The van der Waals surface area contributed by atoms with Crippen LogP contribution in [0, 0.1) is 5.92 Å². The van der Waals surface area contributed by atoms with E-state index in [2.05, 4.69) is 39.3 Å². The zero-order chi connectivity index (χ0) is 12.6. The van der Waals surface area contributed by atoms with E-state index in [1.807, 2.05) is 0 Å². The van der Waals surface area contributed by atoms with Gasteiger partial charge in [0.2, 0.25) is 0 Å². The normalized spacial score (nSPS) is 16.6. The second-order valence-corrected chi connectivity index (χ2v) is 5.34. The molecule has 1 aromatic rings. The third-order valence-corrected chi connectivity index (χ3v) is 3.30. The maximum atomic E-state index is 12.9. The molecule has 0 aromatic heterocycles. The van der Waals surface area contributed by atoms with Crippen LogP contribution in [0.3, 0.4) is 0 Å². The van der Waals surface area contributed by atoms with Crippen LogP contribution in [0.4, 0.5) is 8.78 Å². The number of fused-ring (bicyclic) bond motifs is 1. The summed E-state index contributed by atoms with van der Waals surface area (Å²) in [7, 11) is 0. The van der Waals surface area contributed by atoms with Crippen LogP contribution >= 0.6 is 15.9 Å². The van der Waals surface area contributed by atoms with Crippen LogP contribution in [0.25, 0.3) is 0 Å². The summed E-state index contributed by atoms with van der Waals surface area (Å²) in [6.45, 7) is 4.24. The number of benzene rings is 1. The third-order valence-electron chi connectivity index (χ3n) is 2.56. The van der Waals surface area contributed by atoms with Crippen LogP contribution < -0.4 is 9.47 Å². The van der Waals surface area contributed by atoms with Crippen molar-refractivity contribution in [3.8, 4) is 11.5 Å². The summed E-state index contributed by atoms with van der Waals surface area (Å²) in [6.07, 6.45) is -1.73. The first-order valence-corrected chi connectivity index (χ1v) is 6.25. The molecular formula is C12H13BrF2O2. The number of alkyl halides is 2. The van der Waals surface area contributed by atoms with Crippen molar-refractivity contribution in [2.24, 2.45) is 5.92 Å². The molecule has 0 saturated carbocycles. The molecule has 0 aliphatic carbocycles. The number of hydrogen-bond acceptors (Lipinski definition) is 2. The van der Waals surface area contributed by atoms with Gasteiger partial charge in [-0.1, -0.05) is 29.8 Å². The minimum absolute atomic E-state index is 0.0789. The predicted octanol–water partition coefficient (Wildman–Crippen LogP) is 4.36. The summed E-state index contributed by atoms with van der Waals surface area (Å²) < 4.78 is 35.3. The lowest BCUT2D eigenvalue weighted by Gasteiger charge is -2.07. The number of hydrogen-bond donors (Lipinski definition) is 0. The number of ether oxygens (including phenoxy) is 2. The Balaban J connectivity index is 2.21. The van der Waals surface area contributed by atoms with E-state index >= 15 is 0 Å². The van der Waals surface area contributed by atoms with E-state index in [0.29, 0.717) is 5.92 Å². The first-order valence-electron chi connectivity index (χ1n) is 5.45. The highest BCUT2D eigenvalue weighted by atomic mass is 79.9. The molecule has 1 aliphatic rings. The number of halogens is 3. The Morgan fingerprint density at radius 1 is 1.24 bits per heavy atom. The molecule has 2 rings (SSSR count). The number of rotatable bonds is 3. The lowest BCUT2D eigenvalue weighted by atomic mass is 10.0. The summed E-state index contributed by atoms with van der Waals surface area (Å²) >= 11 is 3.36. The smallest absolute Gasteiger partial charge is 0.395 e. The van der Waals surface area contributed by atoms with Crippen LogP contribution in [-0.2, 0) is 6.42 Å². The Bertz CT molecular complexity index is 433. The third kappa shape index (κ3) is 2.89. The molecule has 0 spiro atoms. The molecule has 17 heavy (non-hydrogen) atoms. The molecule has 1 aliphatic heterocycles. The van der Waals surface area contributed by atoms with Crippen LogP contribution in [0.15, 0.2) is 16.6 Å². The molecule has 0 N–H and O–H groups in total. The summed E-state index contributed by atoms with van der Waals surface area (Å²) in [4.78, 5) is 0. The first kappa shape index (κ1) is 12.6. The van der Waals surface area contributed by atoms with E-state index in [9.17, 15) is 8.78 Å². The number of aryl methyl sites for hydroxylation is 1. The fourth-order valence-corrected chi connectivity index (χ4v) is 2.17. The summed E-state index contributed by atoms with van der Waals surface area (Å²) in [6, 6.07) is 3.15. The molecule has 1 aromatic carbocycles. The van der Waals surface area contributed by atoms with Gasteiger partial charge in [-0.25, -0.2) is 0 Å². The first-order chi connectivity index (χ1) is 7.87. The average molecular weight is 307 g/mol. The zero-order valence-corrected chi connectivity index (χ0v) is 11.2. The Morgan fingerprint density at radius 2 is 1.82 bits per heavy atom. The van der Waals surface area contributed by atoms with E-state index in [1.54, 1.807) is 6.07 Å². The van der Waals surface area contributed by atoms with Crippen molar-refractivity contribution in [1.82, 2.24) is 0 Å². The fourth-order valence-electron chi connectivity index (χ4n) is 1.65. The Hall–Kier alpha value is -0.840. The largest absolute Gasteiger partial charge is 0.586 e. The Labute approximate surface area is 107 Å². The van der Waals surface area contributed by atoms with Crippen LogP contribution in [-0.4, -0.2) is 6.29 Å². The molecule has 94 valence electrons. The quantitative estimate of drug-likeness (QED) is 0.826. The van der Waals surface area contributed by atoms with Gasteiger partial charge in [-0.3, -0.25) is 0 Å². The average Bonchev–Trinajstić information content (AvgIpc) is 2.47. The zero-order valence-electron chi connectivity index (χ0n) is 9.60. The van der Waals surface area contributed by atoms with Crippen molar-refractivity contribution in [3.05, 3.63) is 22.2 Å². The van der Waals surface area contributed by atoms with Crippen molar-refractivity contribution in [3.63, 3.8) is 0 Å². The van der Waals surface area contributed by atoms with E-state index in [0.717, 1.165) is 22.9 Å². The minimum atomic E-state index is -3.54. The summed E-state index contributed by atoms with van der Waals surface area (Å²) in [5.74, 6) is 0.751. The maximum Gasteiger partial charge on any atom is 0.586 e. The second kappa shape index (κ2) is 4.44. The molecule has 0 bridgehead atoms. The van der Waals surface area contributed by atoms with E-state index in [4.69, 9.17) is 0 Å². The van der Waals surface area contributed by atoms with Gasteiger partial charge in [0.1, 0.15) is 0 Å². The van der Waals surface area contributed by atoms with Crippen molar-refractivity contribution in [2.45, 2.75) is 33.0 Å². The summed E-state index contributed by atoms with van der Waals surface area (Å²) in [5.41, 5.74) is 0.957. The van der Waals surface area contributed by atoms with Crippen LogP contribution in [0.1, 0.15) is 25.8 Å². The van der Waals surface area contributed by atoms with Gasteiger partial charge < -0.3 is 9.47 Å². The SMILES string of the molecule is CC(C)CCc1cc2c(cc1Br)OC(F)(F)O2. The fraction of sp³-hybridized carbons (Fsp3) is 0.500. The molecule has 0 fully saturated rings. The van der Waals surface area contributed by atoms with Crippen molar-refractivity contribution >= 4 is 15.9 Å². The highest BCUT2D eigenvalue weighted by Gasteiger charge is 2.43. The summed E-state index contributed by atoms with van der Waals surface area (Å²) in [5, 5.41) is 0. The van der Waals surface area contributed by atoms with Crippen molar-refractivity contribution in [1.29, 1.82) is 0 Å². The molecule has 0 atom stereocenters. The molecule has 0 saturated heterocycles. The standard InChI is InChI=1S/C12H13BrF2O2/c1-7(2)3-4-8-5-10-11(6-9(8)13)17-12(14,15)16-10/h5-7H,3-4H2,1-2H3. The lowest BCUT2D eigenvalue weighted by Crippen LogP contribution is -2.25. The molecular weight excluding hydrogens is 294 g/mol. The van der Waals surface area contributed by atoms with E-state index in [1.165, 1.54) is 6.07 Å². The Kier molecular flexibility index (Phi) is 3.30. The lowest BCUT2D eigenvalue weighted by molar-refractivity contribution is -0.286. The topological polar surface area (TPSA) is 18.5 Å². The maximum absolute atomic E-state index is 12.9. The molecule has 0 amide bonds. The second-order valence-electron chi connectivity index (χ2n) is 4.49. The van der Waals surface area contributed by atoms with Gasteiger partial charge in [0.15, 0.2) is 11.5 Å². The van der Waals surface area contributed by atoms with Gasteiger partial charge >= 0.3 is 6.29 Å². The van der Waals surface area contributed by atoms with Gasteiger partial charge in [-0.05, 0) is 36.5 Å². The van der Waals surface area contributed by atoms with Gasteiger partial charge in [0, 0.05) is 4.47 Å². The molecule has 0 unspecified atom stereocenters. The van der Waals surface area contributed by atoms with Crippen LogP contribution in [0.2, 0.25) is 0 Å². The highest BCUT2D eigenvalue weighted by Crippen LogP contribution is 2.43. The molecule has 2 nitrogen and oxygen atoms in total. The monoisotopic (exact) mass is 306 g/mol. The van der Waals surface area contributed by atoms with E-state index in [-0.39, 0.29) is 11.5 Å². The van der Waals surface area contributed by atoms with Gasteiger partial charge in [-0.15, -0.1) is 8.78 Å². The molecule has 1 heterocycles. The van der Waals surface area contributed by atoms with Crippen LogP contribution in [0.5, 0.6) is 11.5 Å². The molecule has 0 radical (unpaired) electrons. The van der Waals surface area contributed by atoms with Gasteiger partial charge in [0.05, 0.1) is 0 Å². The van der Waals surface area contributed by atoms with Crippen molar-refractivity contribution < 1.29 is 18.3 Å².